The number of nitrogens with zero attached hydrogens (tertiary/aromatic N) is 2. The molecule has 1 amide bonds. The highest BCUT2D eigenvalue weighted by molar-refractivity contribution is 5.95. The molecule has 0 aliphatic heterocycles. The van der Waals surface area contributed by atoms with Crippen molar-refractivity contribution in [3.63, 3.8) is 0 Å². The van der Waals surface area contributed by atoms with Crippen molar-refractivity contribution in [2.75, 3.05) is 19.0 Å². The van der Waals surface area contributed by atoms with Crippen LogP contribution in [-0.2, 0) is 25.6 Å². The van der Waals surface area contributed by atoms with Crippen LogP contribution >= 0.6 is 0 Å². The molecule has 3 rings (SSSR count). The van der Waals surface area contributed by atoms with Crippen molar-refractivity contribution in [3.8, 4) is 0 Å². The van der Waals surface area contributed by atoms with E-state index < -0.39 is 24.5 Å². The molecule has 0 spiro atoms. The number of esters is 2. The number of hydrogen-bond donors (Lipinski definition) is 1. The van der Waals surface area contributed by atoms with Crippen LogP contribution in [0.4, 0.5) is 5.69 Å². The third-order valence-corrected chi connectivity index (χ3v) is 4.19. The number of hydrogen-bond acceptors (Lipinski definition) is 6. The fourth-order valence-corrected chi connectivity index (χ4v) is 2.68. The molecule has 8 heteroatoms. The molecule has 0 unspecified atom stereocenters. The molecule has 1 heterocycles. The van der Waals surface area contributed by atoms with E-state index in [1.165, 1.54) is 25.3 Å². The molecule has 3 aromatic rings. The van der Waals surface area contributed by atoms with Crippen LogP contribution in [-0.4, -0.2) is 41.3 Å². The summed E-state index contributed by atoms with van der Waals surface area (Å²) < 4.78 is 11.3. The minimum absolute atomic E-state index is 0.365. The van der Waals surface area contributed by atoms with Gasteiger partial charge in [0.2, 0.25) is 0 Å². The number of nitrogens with one attached hydrogen (secondary N) is 1. The van der Waals surface area contributed by atoms with Crippen molar-refractivity contribution in [3.05, 3.63) is 89.8 Å². The molecule has 0 saturated heterocycles. The third kappa shape index (κ3) is 6.67. The van der Waals surface area contributed by atoms with E-state index >= 15 is 0 Å². The Bertz CT molecular complexity index is 1070. The van der Waals surface area contributed by atoms with Gasteiger partial charge < -0.3 is 14.8 Å². The molecule has 158 valence electrons. The Morgan fingerprint density at radius 2 is 1.81 bits per heavy atom. The van der Waals surface area contributed by atoms with Gasteiger partial charge in [-0.05, 0) is 35.9 Å². The highest BCUT2D eigenvalue weighted by atomic mass is 16.5. The lowest BCUT2D eigenvalue weighted by Gasteiger charge is -2.06. The number of amides is 1. The molecular weight excluding hydrogens is 398 g/mol. The second-order valence-electron chi connectivity index (χ2n) is 6.51. The molecule has 0 saturated carbocycles. The number of carbonyl (C=O) groups excluding carboxylic acids is 3. The van der Waals surface area contributed by atoms with Crippen LogP contribution < -0.4 is 5.32 Å². The Morgan fingerprint density at radius 3 is 2.52 bits per heavy atom. The van der Waals surface area contributed by atoms with Crippen LogP contribution in [0, 0.1) is 0 Å². The van der Waals surface area contributed by atoms with Crippen LogP contribution in [0.15, 0.2) is 73.1 Å². The largest absolute Gasteiger partial charge is 0.465 e. The topological polar surface area (TPSA) is 99.5 Å². The predicted octanol–water partition coefficient (Wildman–Crippen LogP) is 2.91. The molecule has 1 aromatic heterocycles. The average Bonchev–Trinajstić information content (AvgIpc) is 3.24. The van der Waals surface area contributed by atoms with Gasteiger partial charge in [0, 0.05) is 23.5 Å². The van der Waals surface area contributed by atoms with E-state index in [0.29, 0.717) is 17.8 Å². The SMILES string of the molecule is COC(=O)c1ccc(NC(=O)COC(=O)/C=C/c2cnn(Cc3ccccc3)c2)cc1. The zero-order valence-electron chi connectivity index (χ0n) is 16.9. The fraction of sp³-hybridized carbons (Fsp3) is 0.130. The maximum Gasteiger partial charge on any atom is 0.337 e. The molecule has 2 aromatic carbocycles. The summed E-state index contributed by atoms with van der Waals surface area (Å²) in [5.74, 6) is -1.61. The average molecular weight is 419 g/mol. The number of benzene rings is 2. The van der Waals surface area contributed by atoms with Gasteiger partial charge in [0.15, 0.2) is 6.61 Å². The third-order valence-electron chi connectivity index (χ3n) is 4.19. The molecule has 31 heavy (non-hydrogen) atoms. The highest BCUT2D eigenvalue weighted by Crippen LogP contribution is 2.10. The maximum atomic E-state index is 11.9. The van der Waals surface area contributed by atoms with E-state index in [9.17, 15) is 14.4 Å². The molecule has 0 aliphatic carbocycles. The second kappa shape index (κ2) is 10.5. The summed E-state index contributed by atoms with van der Waals surface area (Å²) in [7, 11) is 1.29. The Hall–Kier alpha value is -4.20. The van der Waals surface area contributed by atoms with Gasteiger partial charge in [-0.1, -0.05) is 30.3 Å². The zero-order chi connectivity index (χ0) is 22.1. The van der Waals surface area contributed by atoms with Gasteiger partial charge in [0.05, 0.1) is 25.4 Å². The molecule has 0 aliphatic rings. The number of ether oxygens (including phenoxy) is 2. The Labute approximate surface area is 179 Å². The van der Waals surface area contributed by atoms with Crippen molar-refractivity contribution in [1.82, 2.24) is 9.78 Å². The van der Waals surface area contributed by atoms with Crippen LogP contribution in [0.25, 0.3) is 6.08 Å². The molecule has 8 nitrogen and oxygen atoms in total. The van der Waals surface area contributed by atoms with Crippen molar-refractivity contribution in [2.24, 2.45) is 0 Å². The lowest BCUT2D eigenvalue weighted by molar-refractivity contribution is -0.142. The Balaban J connectivity index is 1.44. The van der Waals surface area contributed by atoms with Crippen LogP contribution in [0.2, 0.25) is 0 Å². The van der Waals surface area contributed by atoms with Gasteiger partial charge in [0.25, 0.3) is 5.91 Å². The van der Waals surface area contributed by atoms with Crippen LogP contribution in [0.1, 0.15) is 21.5 Å². The van der Waals surface area contributed by atoms with Crippen molar-refractivity contribution >= 4 is 29.6 Å². The van der Waals surface area contributed by atoms with Gasteiger partial charge >= 0.3 is 11.9 Å². The zero-order valence-corrected chi connectivity index (χ0v) is 16.9. The van der Waals surface area contributed by atoms with Gasteiger partial charge in [-0.3, -0.25) is 9.48 Å². The van der Waals surface area contributed by atoms with Gasteiger partial charge in [-0.15, -0.1) is 0 Å². The minimum atomic E-state index is -0.646. The number of methoxy groups -OCH3 is 1. The molecule has 0 atom stereocenters. The predicted molar refractivity (Wildman–Crippen MR) is 114 cm³/mol. The van der Waals surface area contributed by atoms with Gasteiger partial charge in [-0.2, -0.15) is 5.10 Å². The first-order valence-electron chi connectivity index (χ1n) is 9.43. The smallest absolute Gasteiger partial charge is 0.337 e. The summed E-state index contributed by atoms with van der Waals surface area (Å²) in [6, 6.07) is 16.0. The fourth-order valence-electron chi connectivity index (χ4n) is 2.68. The summed E-state index contributed by atoms with van der Waals surface area (Å²) in [6.45, 7) is 0.190. The standard InChI is InChI=1S/C23H21N3O5/c1-30-23(29)19-8-10-20(11-9-19)25-21(27)16-31-22(28)12-7-18-13-24-26(15-18)14-17-5-3-2-4-6-17/h2-13,15H,14,16H2,1H3,(H,25,27)/b12-7+. The molecule has 0 fully saturated rings. The lowest BCUT2D eigenvalue weighted by Crippen LogP contribution is -2.20. The number of carbonyl (C=O) groups is 3. The van der Waals surface area contributed by atoms with Gasteiger partial charge in [-0.25, -0.2) is 9.59 Å². The molecular formula is C23H21N3O5. The maximum absolute atomic E-state index is 11.9. The minimum Gasteiger partial charge on any atom is -0.465 e. The van der Waals surface area contributed by atoms with E-state index in [-0.39, 0.29) is 0 Å². The summed E-state index contributed by atoms with van der Waals surface area (Å²) in [5, 5.41) is 6.83. The summed E-state index contributed by atoms with van der Waals surface area (Å²) >= 11 is 0. The first-order valence-corrected chi connectivity index (χ1v) is 9.43. The molecule has 1 N–H and O–H groups in total. The van der Waals surface area contributed by atoms with E-state index in [0.717, 1.165) is 11.1 Å². The number of rotatable bonds is 8. The number of anilines is 1. The summed E-state index contributed by atoms with van der Waals surface area (Å²) in [4.78, 5) is 35.2. The monoisotopic (exact) mass is 419 g/mol. The van der Waals surface area contributed by atoms with Crippen molar-refractivity contribution in [1.29, 1.82) is 0 Å². The van der Waals surface area contributed by atoms with Gasteiger partial charge in [0.1, 0.15) is 0 Å². The number of aromatic nitrogens is 2. The van der Waals surface area contributed by atoms with E-state index in [4.69, 9.17) is 4.74 Å². The van der Waals surface area contributed by atoms with Crippen molar-refractivity contribution < 1.29 is 23.9 Å². The lowest BCUT2D eigenvalue weighted by atomic mass is 10.2. The summed E-state index contributed by atoms with van der Waals surface area (Å²) in [6.07, 6.45) is 6.25. The molecule has 0 bridgehead atoms. The Morgan fingerprint density at radius 1 is 1.06 bits per heavy atom. The summed E-state index contributed by atoms with van der Waals surface area (Å²) in [5.41, 5.74) is 2.69. The van der Waals surface area contributed by atoms with Crippen molar-refractivity contribution in [2.45, 2.75) is 6.54 Å². The van der Waals surface area contributed by atoms with E-state index in [2.05, 4.69) is 15.2 Å². The van der Waals surface area contributed by atoms with E-state index in [1.807, 2.05) is 36.5 Å². The van der Waals surface area contributed by atoms with Crippen LogP contribution in [0.3, 0.4) is 0 Å². The quantitative estimate of drug-likeness (QED) is 0.445. The molecule has 0 radical (unpaired) electrons. The second-order valence-corrected chi connectivity index (χ2v) is 6.51. The highest BCUT2D eigenvalue weighted by Gasteiger charge is 2.08. The normalized spacial score (nSPS) is 10.6. The first kappa shape index (κ1) is 21.5. The van der Waals surface area contributed by atoms with E-state index in [1.54, 1.807) is 29.1 Å². The Kier molecular flexibility index (Phi) is 7.31. The van der Waals surface area contributed by atoms with Crippen LogP contribution in [0.5, 0.6) is 0 Å². The first-order chi connectivity index (χ1) is 15.0.